The Hall–Kier alpha value is -4.94. The molecule has 5 heterocycles. The first-order valence-corrected chi connectivity index (χ1v) is 15.6. The number of ether oxygens (including phenoxy) is 2. The average Bonchev–Trinajstić information content (AvgIpc) is 3.78. The fourth-order valence-electron chi connectivity index (χ4n) is 6.13. The Morgan fingerprint density at radius 3 is 2.80 bits per heavy atom. The van der Waals surface area contributed by atoms with Gasteiger partial charge in [-0.3, -0.25) is 14.3 Å². The minimum atomic E-state index is -0.805. The molecule has 12 heteroatoms. The van der Waals surface area contributed by atoms with Gasteiger partial charge in [0.1, 0.15) is 35.4 Å². The van der Waals surface area contributed by atoms with Crippen LogP contribution in [0.2, 0.25) is 0 Å². The summed E-state index contributed by atoms with van der Waals surface area (Å²) in [7, 11) is 1.52. The molecule has 0 radical (unpaired) electrons. The molecule has 0 fully saturated rings. The highest BCUT2D eigenvalue weighted by Gasteiger charge is 2.31. The lowest BCUT2D eigenvalue weighted by molar-refractivity contribution is -0.129. The molecule has 0 bridgehead atoms. The Labute approximate surface area is 267 Å². The number of halogens is 2. The highest BCUT2D eigenvalue weighted by Crippen LogP contribution is 2.47. The van der Waals surface area contributed by atoms with Crippen molar-refractivity contribution in [2.75, 3.05) is 20.3 Å². The molecular weight excluding hydrogens is 612 g/mol. The zero-order valence-electron chi connectivity index (χ0n) is 25.1. The van der Waals surface area contributed by atoms with Crippen molar-refractivity contribution in [1.82, 2.24) is 25.0 Å². The van der Waals surface area contributed by atoms with E-state index in [2.05, 4.69) is 11.9 Å². The number of hydrogen-bond donors (Lipinski definition) is 1. The molecular formula is C34H29F2N5O4S. The van der Waals surface area contributed by atoms with Gasteiger partial charge in [0, 0.05) is 58.6 Å². The van der Waals surface area contributed by atoms with Crippen LogP contribution in [0.4, 0.5) is 8.78 Å². The monoisotopic (exact) mass is 641 g/mol. The van der Waals surface area contributed by atoms with Crippen LogP contribution < -0.4 is 10.1 Å². The van der Waals surface area contributed by atoms with Crippen molar-refractivity contribution >= 4 is 33.2 Å². The van der Waals surface area contributed by atoms with E-state index in [1.807, 2.05) is 41.3 Å². The molecule has 2 amide bonds. The molecule has 1 atom stereocenters. The molecule has 0 saturated heterocycles. The number of aromatic nitrogens is 3. The van der Waals surface area contributed by atoms with Gasteiger partial charge in [0.25, 0.3) is 5.91 Å². The number of nitrogens with zero attached hydrogens (tertiary/aromatic N) is 4. The van der Waals surface area contributed by atoms with Crippen LogP contribution in [0, 0.1) is 11.6 Å². The lowest BCUT2D eigenvalue weighted by Gasteiger charge is -2.33. The third kappa shape index (κ3) is 5.03. The number of amides is 2. The molecule has 7 rings (SSSR count). The smallest absolute Gasteiger partial charge is 0.251 e. The summed E-state index contributed by atoms with van der Waals surface area (Å²) in [5, 5.41) is 10.4. The maximum absolute atomic E-state index is 16.0. The van der Waals surface area contributed by atoms with Crippen molar-refractivity contribution < 1.29 is 27.8 Å². The van der Waals surface area contributed by atoms with Gasteiger partial charge in [-0.1, -0.05) is 12.6 Å². The van der Waals surface area contributed by atoms with Gasteiger partial charge in [-0.05, 0) is 48.2 Å². The molecule has 0 saturated carbocycles. The number of benzene rings is 2. The van der Waals surface area contributed by atoms with E-state index >= 15 is 4.39 Å². The van der Waals surface area contributed by atoms with Gasteiger partial charge in [0.15, 0.2) is 0 Å². The molecule has 0 aliphatic carbocycles. The molecule has 234 valence electrons. The van der Waals surface area contributed by atoms with Gasteiger partial charge in [-0.15, -0.1) is 11.3 Å². The van der Waals surface area contributed by atoms with E-state index in [1.165, 1.54) is 24.5 Å². The first-order valence-electron chi connectivity index (χ1n) is 14.7. The van der Waals surface area contributed by atoms with Crippen LogP contribution in [0.15, 0.2) is 60.5 Å². The van der Waals surface area contributed by atoms with E-state index in [0.29, 0.717) is 52.5 Å². The Balaban J connectivity index is 1.48. The average molecular weight is 642 g/mol. The van der Waals surface area contributed by atoms with E-state index < -0.39 is 11.6 Å². The van der Waals surface area contributed by atoms with Gasteiger partial charge in [-0.2, -0.15) is 5.10 Å². The number of rotatable bonds is 8. The summed E-state index contributed by atoms with van der Waals surface area (Å²) in [6.45, 7) is 7.04. The maximum atomic E-state index is 16.0. The third-order valence-electron chi connectivity index (χ3n) is 8.35. The fourth-order valence-corrected chi connectivity index (χ4v) is 7.08. The summed E-state index contributed by atoms with van der Waals surface area (Å²) in [6.07, 6.45) is 1.29. The van der Waals surface area contributed by atoms with Gasteiger partial charge in [0.05, 0.1) is 36.6 Å². The van der Waals surface area contributed by atoms with Crippen LogP contribution in [-0.2, 0) is 29.2 Å². The number of pyridine rings is 1. The lowest BCUT2D eigenvalue weighted by Crippen LogP contribution is -2.44. The normalized spacial score (nSPS) is 15.5. The lowest BCUT2D eigenvalue weighted by atomic mass is 9.95. The van der Waals surface area contributed by atoms with E-state index in [-0.39, 0.29) is 42.4 Å². The quantitative estimate of drug-likeness (QED) is 0.166. The number of hydrogen-bond acceptors (Lipinski definition) is 7. The number of carbonyl (C=O) groups excluding carboxylic acids is 2. The Kier molecular flexibility index (Phi) is 7.61. The molecule has 0 spiro atoms. The number of carbonyl (C=O) groups is 2. The second kappa shape index (κ2) is 11.8. The van der Waals surface area contributed by atoms with Crippen LogP contribution in [0.5, 0.6) is 5.75 Å². The van der Waals surface area contributed by atoms with Gasteiger partial charge in [-0.25, -0.2) is 13.8 Å². The van der Waals surface area contributed by atoms with Gasteiger partial charge < -0.3 is 19.7 Å². The summed E-state index contributed by atoms with van der Waals surface area (Å²) in [5.74, 6) is -1.87. The van der Waals surface area contributed by atoms with Crippen LogP contribution in [-0.4, -0.2) is 57.8 Å². The van der Waals surface area contributed by atoms with E-state index in [1.54, 1.807) is 11.0 Å². The van der Waals surface area contributed by atoms with Crippen molar-refractivity contribution in [2.45, 2.75) is 32.6 Å². The molecule has 2 aliphatic rings. The summed E-state index contributed by atoms with van der Waals surface area (Å²) in [5.41, 5.74) is 4.97. The summed E-state index contributed by atoms with van der Waals surface area (Å²) in [4.78, 5) is 31.7. The summed E-state index contributed by atoms with van der Waals surface area (Å²) >= 11 is 1.40. The van der Waals surface area contributed by atoms with Gasteiger partial charge >= 0.3 is 0 Å². The highest BCUT2D eigenvalue weighted by molar-refractivity contribution is 7.18. The molecule has 2 aromatic carbocycles. The Morgan fingerprint density at radius 2 is 2.00 bits per heavy atom. The molecule has 5 aromatic rings. The molecule has 0 unspecified atom stereocenters. The number of nitrogens with one attached hydrogen (secondary N) is 1. The SMILES string of the molecule is C=CC(=O)N1Cc2cc(-c3nc(-c4ccc5c(c4)CNC5=O)c4ccsc4c3-c3c(F)cc(F)cc3OCCOC)nn2C[C@H]1C. The first-order chi connectivity index (χ1) is 22.3. The molecule has 1 N–H and O–H groups in total. The number of thiophene rings is 1. The van der Waals surface area contributed by atoms with Crippen LogP contribution in [0.3, 0.4) is 0 Å². The van der Waals surface area contributed by atoms with Crippen LogP contribution in [0.1, 0.15) is 28.5 Å². The zero-order valence-corrected chi connectivity index (χ0v) is 25.9. The second-order valence-electron chi connectivity index (χ2n) is 11.2. The minimum absolute atomic E-state index is 0.0162. The topological polar surface area (TPSA) is 98.6 Å². The van der Waals surface area contributed by atoms with Crippen molar-refractivity contribution in [1.29, 1.82) is 0 Å². The van der Waals surface area contributed by atoms with Crippen molar-refractivity contribution in [3.05, 3.63) is 89.0 Å². The fraction of sp³-hybridized carbons (Fsp3) is 0.235. The van der Waals surface area contributed by atoms with Crippen molar-refractivity contribution in [3.63, 3.8) is 0 Å². The second-order valence-corrected chi connectivity index (χ2v) is 12.1. The number of methoxy groups -OCH3 is 1. The predicted molar refractivity (Wildman–Crippen MR) is 170 cm³/mol. The van der Waals surface area contributed by atoms with Crippen LogP contribution >= 0.6 is 11.3 Å². The van der Waals surface area contributed by atoms with Crippen molar-refractivity contribution in [2.24, 2.45) is 0 Å². The first kappa shape index (κ1) is 29.8. The summed E-state index contributed by atoms with van der Waals surface area (Å²) in [6, 6.07) is 11.2. The zero-order chi connectivity index (χ0) is 32.1. The number of fused-ring (bicyclic) bond motifs is 3. The van der Waals surface area contributed by atoms with Crippen LogP contribution in [0.25, 0.3) is 43.9 Å². The van der Waals surface area contributed by atoms with E-state index in [4.69, 9.17) is 19.6 Å². The van der Waals surface area contributed by atoms with E-state index in [9.17, 15) is 14.0 Å². The Morgan fingerprint density at radius 1 is 1.15 bits per heavy atom. The van der Waals surface area contributed by atoms with Gasteiger partial charge in [0.2, 0.25) is 5.91 Å². The molecule has 46 heavy (non-hydrogen) atoms. The van der Waals surface area contributed by atoms with E-state index in [0.717, 1.165) is 34.3 Å². The third-order valence-corrected chi connectivity index (χ3v) is 9.28. The molecule has 2 aliphatic heterocycles. The largest absolute Gasteiger partial charge is 0.490 e. The molecule has 9 nitrogen and oxygen atoms in total. The molecule has 3 aromatic heterocycles. The Bertz CT molecular complexity index is 2060. The predicted octanol–water partition coefficient (Wildman–Crippen LogP) is 5.96. The summed E-state index contributed by atoms with van der Waals surface area (Å²) < 4.78 is 44.2. The highest BCUT2D eigenvalue weighted by atomic mass is 32.1. The maximum Gasteiger partial charge on any atom is 0.251 e. The standard InChI is InChI=1S/C34H29F2N5O4S/c1-4-28(42)40-17-22-14-26(39-41(22)16-18(40)2)32-30(29-25(36)12-21(35)13-27(29)45-9-8-44-3)33-24(7-10-46-33)31(38-32)19-5-6-23-20(11-19)15-37-34(23)43/h4-7,10-14,18H,1,8-9,15-17H2,2-3H3,(H,37,43)/t18-/m1/s1. The van der Waals surface area contributed by atoms with Crippen molar-refractivity contribution in [3.8, 4) is 39.5 Å². The minimum Gasteiger partial charge on any atom is -0.490 e.